The molecule has 0 amide bonds. The fraction of sp³-hybridized carbons (Fsp3) is 1.00. The van der Waals surface area contributed by atoms with Crippen molar-refractivity contribution in [1.82, 2.24) is 8.15 Å². The molecule has 0 heterocycles. The molecule has 142 valence electrons. The molecule has 2 aliphatic rings. The first kappa shape index (κ1) is 21.2. The van der Waals surface area contributed by atoms with Crippen LogP contribution in [0.25, 0.3) is 0 Å². The summed E-state index contributed by atoms with van der Waals surface area (Å²) in [7, 11) is -4.44. The highest BCUT2D eigenvalue weighted by Crippen LogP contribution is 2.55. The summed E-state index contributed by atoms with van der Waals surface area (Å²) in [6, 6.07) is 0.139. The van der Waals surface area contributed by atoms with E-state index in [0.29, 0.717) is 0 Å². The topological polar surface area (TPSA) is 145 Å². The van der Waals surface area contributed by atoms with Crippen molar-refractivity contribution in [1.29, 1.82) is 0 Å². The van der Waals surface area contributed by atoms with Crippen LogP contribution < -0.4 is 22.0 Å². The van der Waals surface area contributed by atoms with Crippen LogP contribution in [-0.4, -0.2) is 20.2 Å². The van der Waals surface area contributed by atoms with Gasteiger partial charge in [0.05, 0.1) is 0 Å². The van der Waals surface area contributed by atoms with Crippen molar-refractivity contribution in [2.24, 2.45) is 22.0 Å². The van der Waals surface area contributed by atoms with Gasteiger partial charge >= 0.3 is 0 Å². The van der Waals surface area contributed by atoms with Crippen LogP contribution in [0.5, 0.6) is 0 Å². The molecule has 0 unspecified atom stereocenters. The van der Waals surface area contributed by atoms with Crippen molar-refractivity contribution in [2.45, 2.75) is 76.3 Å². The van der Waals surface area contributed by atoms with E-state index in [2.05, 4.69) is 0 Å². The Hall–Kier alpha value is 0.920. The summed E-state index contributed by atoms with van der Waals surface area (Å²) in [5, 5.41) is 0. The largest absolute Gasteiger partial charge is 0.286 e. The van der Waals surface area contributed by atoms with Crippen LogP contribution in [0.15, 0.2) is 0 Å². The first-order valence-corrected chi connectivity index (χ1v) is 14.1. The average molecular weight is 416 g/mol. The molecule has 0 aromatic carbocycles. The van der Waals surface area contributed by atoms with Crippen molar-refractivity contribution in [2.75, 3.05) is 0 Å². The van der Waals surface area contributed by atoms with E-state index in [9.17, 15) is 9.13 Å². The second-order valence-electron chi connectivity index (χ2n) is 6.68. The molecule has 2 aliphatic carbocycles. The lowest BCUT2D eigenvalue weighted by Crippen LogP contribution is -2.36. The second kappa shape index (κ2) is 9.22. The molecular formula is C12H30N6O2P2S2. The Kier molecular flexibility index (Phi) is 8.15. The van der Waals surface area contributed by atoms with Crippen LogP contribution in [0.3, 0.4) is 0 Å². The predicted molar refractivity (Wildman–Crippen MR) is 105 cm³/mol. The van der Waals surface area contributed by atoms with Crippen LogP contribution in [0.1, 0.15) is 64.2 Å². The van der Waals surface area contributed by atoms with Crippen molar-refractivity contribution < 1.29 is 9.13 Å². The summed E-state index contributed by atoms with van der Waals surface area (Å²) < 4.78 is 27.9. The van der Waals surface area contributed by atoms with Gasteiger partial charge in [-0.3, -0.25) is 31.1 Å². The monoisotopic (exact) mass is 416 g/mol. The number of nitrogens with zero attached hydrogens (tertiary/aromatic N) is 2. The van der Waals surface area contributed by atoms with Gasteiger partial charge in [0.2, 0.25) is 0 Å². The molecule has 8 N–H and O–H groups in total. The molecule has 2 saturated carbocycles. The zero-order chi connectivity index (χ0) is 17.8. The number of rotatable bonds is 7. The smallest absolute Gasteiger partial charge is 0.270 e. The van der Waals surface area contributed by atoms with E-state index < -0.39 is 15.2 Å². The van der Waals surface area contributed by atoms with Gasteiger partial charge in [0.25, 0.3) is 15.2 Å². The fourth-order valence-corrected chi connectivity index (χ4v) is 10.1. The number of hydrogen-bond donors (Lipinski definition) is 4. The molecule has 0 aliphatic heterocycles. The minimum Gasteiger partial charge on any atom is -0.270 e. The summed E-state index contributed by atoms with van der Waals surface area (Å²) in [5.74, 6) is 0. The number of nitrogens with two attached hydrogens (primary N) is 4. The van der Waals surface area contributed by atoms with Gasteiger partial charge in [-0.2, -0.15) is 8.15 Å². The summed E-state index contributed by atoms with van der Waals surface area (Å²) >= 11 is 0. The maximum Gasteiger partial charge on any atom is 0.286 e. The quantitative estimate of drug-likeness (QED) is 0.276. The first-order chi connectivity index (χ1) is 11.2. The molecule has 12 heteroatoms. The van der Waals surface area contributed by atoms with Crippen LogP contribution >= 0.6 is 37.1 Å². The van der Waals surface area contributed by atoms with Gasteiger partial charge in [0.15, 0.2) is 0 Å². The third kappa shape index (κ3) is 6.27. The zero-order valence-corrected chi connectivity index (χ0v) is 17.4. The Morgan fingerprint density at radius 2 is 0.917 bits per heavy atom. The molecule has 24 heavy (non-hydrogen) atoms. The summed E-state index contributed by atoms with van der Waals surface area (Å²) in [4.78, 5) is 0. The minimum atomic E-state index is -3.42. The van der Waals surface area contributed by atoms with Crippen LogP contribution in [0.4, 0.5) is 0 Å². The highest BCUT2D eigenvalue weighted by atomic mass is 33.1. The van der Waals surface area contributed by atoms with Gasteiger partial charge in [-0.25, -0.2) is 0 Å². The van der Waals surface area contributed by atoms with Crippen LogP contribution in [0.2, 0.25) is 0 Å². The third-order valence-corrected chi connectivity index (χ3v) is 11.3. The van der Waals surface area contributed by atoms with E-state index in [0.717, 1.165) is 51.4 Å². The molecule has 2 rings (SSSR count). The lowest BCUT2D eigenvalue weighted by atomic mass is 9.96. The molecule has 0 atom stereocenters. The molecule has 0 aromatic heterocycles. The molecule has 0 aromatic rings. The fourth-order valence-electron chi connectivity index (χ4n) is 3.41. The normalized spacial score (nSPS) is 22.4. The van der Waals surface area contributed by atoms with Crippen LogP contribution in [-0.2, 0) is 9.13 Å². The highest BCUT2D eigenvalue weighted by Gasteiger charge is 2.36. The van der Waals surface area contributed by atoms with Crippen molar-refractivity contribution in [3.63, 3.8) is 0 Å². The summed E-state index contributed by atoms with van der Waals surface area (Å²) in [6.45, 7) is 0. The molecule has 2 fully saturated rings. The minimum absolute atomic E-state index is 0.0697. The van der Waals surface area contributed by atoms with E-state index in [-0.39, 0.29) is 12.1 Å². The maximum absolute atomic E-state index is 12.3. The van der Waals surface area contributed by atoms with Gasteiger partial charge in [-0.15, -0.1) is 0 Å². The van der Waals surface area contributed by atoms with Crippen molar-refractivity contribution in [3.05, 3.63) is 0 Å². The Morgan fingerprint density at radius 3 is 1.17 bits per heavy atom. The first-order valence-electron chi connectivity index (χ1n) is 8.48. The lowest BCUT2D eigenvalue weighted by Gasteiger charge is -2.38. The van der Waals surface area contributed by atoms with Gasteiger partial charge in [-0.1, -0.05) is 38.5 Å². The second-order valence-corrected chi connectivity index (χ2v) is 12.8. The Balaban J connectivity index is 2.06. The Labute approximate surface area is 152 Å². The van der Waals surface area contributed by atoms with Crippen LogP contribution in [0, 0.1) is 0 Å². The summed E-state index contributed by atoms with van der Waals surface area (Å²) in [6.07, 6.45) is 10.3. The van der Waals surface area contributed by atoms with E-state index in [4.69, 9.17) is 22.0 Å². The van der Waals surface area contributed by atoms with Gasteiger partial charge < -0.3 is 0 Å². The SMILES string of the molecule is NP(N)(=O)N(SSN(C1CCCCC1)P(N)(N)=O)C1CCCCC1. The molecule has 0 radical (unpaired) electrons. The van der Waals surface area contributed by atoms with Crippen molar-refractivity contribution in [3.8, 4) is 0 Å². The predicted octanol–water partition coefficient (Wildman–Crippen LogP) is 3.52. The lowest BCUT2D eigenvalue weighted by molar-refractivity contribution is 0.342. The standard InChI is InChI=1S/C12H30N6O2P2S2/c13-21(14,19)17(11-7-3-1-4-8-11)23-24-18(22(15,16)20)12-9-5-2-6-10-12/h11-12H,1-10H2,(H4,13,14,19)(H4,15,16,20). The Morgan fingerprint density at radius 1 is 0.625 bits per heavy atom. The zero-order valence-electron chi connectivity index (χ0n) is 14.0. The van der Waals surface area contributed by atoms with E-state index in [1.165, 1.54) is 34.8 Å². The molecular weight excluding hydrogens is 386 g/mol. The van der Waals surface area contributed by atoms with E-state index >= 15 is 0 Å². The van der Waals surface area contributed by atoms with Gasteiger partial charge in [0, 0.05) is 34.0 Å². The van der Waals surface area contributed by atoms with E-state index in [1.54, 1.807) is 8.15 Å². The highest BCUT2D eigenvalue weighted by molar-refractivity contribution is 8.76. The average Bonchev–Trinajstić information content (AvgIpc) is 2.51. The summed E-state index contributed by atoms with van der Waals surface area (Å²) in [5.41, 5.74) is 23.0. The third-order valence-electron chi connectivity index (χ3n) is 4.58. The van der Waals surface area contributed by atoms with Crippen molar-refractivity contribution >= 4 is 37.1 Å². The molecule has 8 nitrogen and oxygen atoms in total. The maximum atomic E-state index is 12.3. The molecule has 0 spiro atoms. The molecule has 0 saturated heterocycles. The number of hydrogen-bond acceptors (Lipinski definition) is 4. The Bertz CT molecular complexity index is 446. The molecule has 0 bridgehead atoms. The van der Waals surface area contributed by atoms with E-state index in [1.807, 2.05) is 0 Å². The van der Waals surface area contributed by atoms with Gasteiger partial charge in [-0.05, 0) is 25.7 Å². The van der Waals surface area contributed by atoms with Gasteiger partial charge in [0.1, 0.15) is 0 Å².